The van der Waals surface area contributed by atoms with Crippen molar-refractivity contribution < 1.29 is 9.53 Å². The van der Waals surface area contributed by atoms with E-state index in [1.54, 1.807) is 6.08 Å². The maximum absolute atomic E-state index is 11.0. The monoisotopic (exact) mass is 268 g/mol. The molecule has 0 aromatic heterocycles. The van der Waals surface area contributed by atoms with Gasteiger partial charge in [0.25, 0.3) is 0 Å². The molecule has 0 aromatic rings. The maximum Gasteiger partial charge on any atom is 0.330 e. The van der Waals surface area contributed by atoms with Gasteiger partial charge in [-0.05, 0) is 19.8 Å². The summed E-state index contributed by atoms with van der Waals surface area (Å²) in [5.74, 6) is -0.213. The van der Waals surface area contributed by atoms with Crippen molar-refractivity contribution in [2.75, 3.05) is 6.61 Å². The molecule has 2 heteroatoms. The first kappa shape index (κ1) is 18.2. The molecule has 0 saturated carbocycles. The molecule has 0 spiro atoms. The molecule has 19 heavy (non-hydrogen) atoms. The number of allylic oxidation sites excluding steroid dienone is 1. The normalized spacial score (nSPS) is 11.1. The Bertz CT molecular complexity index is 221. The second-order valence-corrected chi connectivity index (χ2v) is 5.13. The Hall–Kier alpha value is -0.790. The van der Waals surface area contributed by atoms with Crippen LogP contribution < -0.4 is 0 Å². The van der Waals surface area contributed by atoms with Gasteiger partial charge in [-0.1, -0.05) is 70.8 Å². The van der Waals surface area contributed by atoms with E-state index in [0.29, 0.717) is 6.61 Å². The van der Waals surface area contributed by atoms with Gasteiger partial charge in [-0.15, -0.1) is 0 Å². The van der Waals surface area contributed by atoms with E-state index in [2.05, 4.69) is 6.92 Å². The highest BCUT2D eigenvalue weighted by Crippen LogP contribution is 2.11. The third kappa shape index (κ3) is 15.2. The van der Waals surface area contributed by atoms with Crippen molar-refractivity contribution in [3.05, 3.63) is 12.2 Å². The lowest BCUT2D eigenvalue weighted by molar-refractivity contribution is -0.137. The van der Waals surface area contributed by atoms with Crippen LogP contribution in [0.3, 0.4) is 0 Å². The van der Waals surface area contributed by atoms with Crippen LogP contribution in [0.4, 0.5) is 0 Å². The molecule has 0 N–H and O–H groups in total. The quantitative estimate of drug-likeness (QED) is 0.253. The van der Waals surface area contributed by atoms with Gasteiger partial charge in [-0.25, -0.2) is 4.79 Å². The zero-order chi connectivity index (χ0) is 14.2. The summed E-state index contributed by atoms with van der Waals surface area (Å²) in [7, 11) is 0. The van der Waals surface area contributed by atoms with Gasteiger partial charge in [0, 0.05) is 6.08 Å². The van der Waals surface area contributed by atoms with Gasteiger partial charge in [0.15, 0.2) is 0 Å². The molecule has 0 aliphatic heterocycles. The fourth-order valence-electron chi connectivity index (χ4n) is 2.12. The highest BCUT2D eigenvalue weighted by molar-refractivity contribution is 5.81. The Kier molecular flexibility index (Phi) is 14.6. The van der Waals surface area contributed by atoms with E-state index in [0.717, 1.165) is 6.42 Å². The number of rotatable bonds is 13. The molecule has 0 aliphatic rings. The van der Waals surface area contributed by atoms with Crippen molar-refractivity contribution in [2.24, 2.45) is 0 Å². The number of hydrogen-bond acceptors (Lipinski definition) is 2. The lowest BCUT2D eigenvalue weighted by Gasteiger charge is -2.01. The van der Waals surface area contributed by atoms with E-state index < -0.39 is 0 Å². The van der Waals surface area contributed by atoms with Crippen LogP contribution in [0, 0.1) is 0 Å². The average Bonchev–Trinajstić information content (AvgIpc) is 2.40. The Labute approximate surface area is 119 Å². The van der Waals surface area contributed by atoms with Gasteiger partial charge >= 0.3 is 5.97 Å². The first-order valence-corrected chi connectivity index (χ1v) is 8.14. The second kappa shape index (κ2) is 15.3. The van der Waals surface area contributed by atoms with Crippen LogP contribution in [0.1, 0.15) is 84.5 Å². The molecule has 0 heterocycles. The standard InChI is InChI=1S/C17H32O2/c1-3-5-6-7-8-9-10-11-12-13-14-15-16-17(18)19-4-2/h15-16H,3-14H2,1-2H3. The summed E-state index contributed by atoms with van der Waals surface area (Å²) in [5, 5.41) is 0. The Balaban J connectivity index is 3.12. The van der Waals surface area contributed by atoms with Gasteiger partial charge in [0.1, 0.15) is 0 Å². The summed E-state index contributed by atoms with van der Waals surface area (Å²) in [5.41, 5.74) is 0. The Morgan fingerprint density at radius 1 is 0.842 bits per heavy atom. The number of hydrogen-bond donors (Lipinski definition) is 0. The molecule has 0 saturated heterocycles. The maximum atomic E-state index is 11.0. The Morgan fingerprint density at radius 2 is 1.37 bits per heavy atom. The number of esters is 1. The van der Waals surface area contributed by atoms with Crippen molar-refractivity contribution in [3.63, 3.8) is 0 Å². The number of unbranched alkanes of at least 4 members (excludes halogenated alkanes) is 10. The lowest BCUT2D eigenvalue weighted by atomic mass is 10.1. The zero-order valence-corrected chi connectivity index (χ0v) is 13.0. The molecule has 0 fully saturated rings. The van der Waals surface area contributed by atoms with Crippen molar-refractivity contribution in [3.8, 4) is 0 Å². The zero-order valence-electron chi connectivity index (χ0n) is 13.0. The predicted molar refractivity (Wildman–Crippen MR) is 82.2 cm³/mol. The second-order valence-electron chi connectivity index (χ2n) is 5.13. The van der Waals surface area contributed by atoms with Crippen LogP contribution in [-0.4, -0.2) is 12.6 Å². The van der Waals surface area contributed by atoms with Gasteiger partial charge in [-0.3, -0.25) is 0 Å². The van der Waals surface area contributed by atoms with Crippen LogP contribution in [0.2, 0.25) is 0 Å². The summed E-state index contributed by atoms with van der Waals surface area (Å²) in [6.07, 6.45) is 18.0. The van der Waals surface area contributed by atoms with Crippen LogP contribution in [0.15, 0.2) is 12.2 Å². The van der Waals surface area contributed by atoms with Crippen molar-refractivity contribution in [1.82, 2.24) is 0 Å². The highest BCUT2D eigenvalue weighted by Gasteiger charge is 1.93. The Morgan fingerprint density at radius 3 is 1.89 bits per heavy atom. The molecule has 0 aromatic carbocycles. The SMILES string of the molecule is CCCCCCCCCCCCC=CC(=O)OCC. The minimum absolute atomic E-state index is 0.213. The summed E-state index contributed by atoms with van der Waals surface area (Å²) in [6, 6.07) is 0. The number of carbonyl (C=O) groups is 1. The minimum atomic E-state index is -0.213. The molecule has 0 rings (SSSR count). The van der Waals surface area contributed by atoms with Crippen molar-refractivity contribution >= 4 is 5.97 Å². The highest BCUT2D eigenvalue weighted by atomic mass is 16.5. The smallest absolute Gasteiger partial charge is 0.330 e. The average molecular weight is 268 g/mol. The van der Waals surface area contributed by atoms with E-state index in [1.807, 2.05) is 13.0 Å². The molecule has 0 bridgehead atoms. The summed E-state index contributed by atoms with van der Waals surface area (Å²) < 4.78 is 4.82. The fourth-order valence-corrected chi connectivity index (χ4v) is 2.12. The largest absolute Gasteiger partial charge is 0.463 e. The molecular weight excluding hydrogens is 236 g/mol. The van der Waals surface area contributed by atoms with Crippen molar-refractivity contribution in [2.45, 2.75) is 84.5 Å². The van der Waals surface area contributed by atoms with Crippen LogP contribution >= 0.6 is 0 Å². The first-order chi connectivity index (χ1) is 9.31. The third-order valence-corrected chi connectivity index (χ3v) is 3.26. The van der Waals surface area contributed by atoms with E-state index >= 15 is 0 Å². The van der Waals surface area contributed by atoms with Crippen LogP contribution in [-0.2, 0) is 9.53 Å². The van der Waals surface area contributed by atoms with Gasteiger partial charge in [0.05, 0.1) is 6.61 Å². The van der Waals surface area contributed by atoms with E-state index in [1.165, 1.54) is 64.2 Å². The van der Waals surface area contributed by atoms with E-state index in [9.17, 15) is 4.79 Å². The molecular formula is C17H32O2. The first-order valence-electron chi connectivity index (χ1n) is 8.14. The van der Waals surface area contributed by atoms with Gasteiger partial charge in [-0.2, -0.15) is 0 Å². The molecule has 0 aliphatic carbocycles. The van der Waals surface area contributed by atoms with Crippen LogP contribution in [0.25, 0.3) is 0 Å². The summed E-state index contributed by atoms with van der Waals surface area (Å²) in [6.45, 7) is 4.55. The van der Waals surface area contributed by atoms with E-state index in [-0.39, 0.29) is 5.97 Å². The molecule has 0 atom stereocenters. The van der Waals surface area contributed by atoms with Gasteiger partial charge in [0.2, 0.25) is 0 Å². The summed E-state index contributed by atoms with van der Waals surface area (Å²) in [4.78, 5) is 11.0. The third-order valence-electron chi connectivity index (χ3n) is 3.26. The van der Waals surface area contributed by atoms with Gasteiger partial charge < -0.3 is 4.74 Å². The predicted octanol–water partition coefficient (Wildman–Crippen LogP) is 5.42. The van der Waals surface area contributed by atoms with Crippen LogP contribution in [0.5, 0.6) is 0 Å². The number of ether oxygens (including phenoxy) is 1. The van der Waals surface area contributed by atoms with Crippen molar-refractivity contribution in [1.29, 1.82) is 0 Å². The molecule has 0 radical (unpaired) electrons. The molecule has 2 nitrogen and oxygen atoms in total. The minimum Gasteiger partial charge on any atom is -0.463 e. The molecule has 0 unspecified atom stereocenters. The topological polar surface area (TPSA) is 26.3 Å². The lowest BCUT2D eigenvalue weighted by Crippen LogP contribution is -1.98. The summed E-state index contributed by atoms with van der Waals surface area (Å²) >= 11 is 0. The van der Waals surface area contributed by atoms with E-state index in [4.69, 9.17) is 4.74 Å². The molecule has 0 amide bonds. The molecule has 112 valence electrons. The number of carbonyl (C=O) groups excluding carboxylic acids is 1. The fraction of sp³-hybridized carbons (Fsp3) is 0.824.